The lowest BCUT2D eigenvalue weighted by Gasteiger charge is -2.17. The minimum Gasteiger partial charge on any atom is -0.464 e. The maximum Gasteiger partial charge on any atom is 0.342 e. The van der Waals surface area contributed by atoms with Crippen LogP contribution >= 0.6 is 22.6 Å². The largest absolute Gasteiger partial charge is 0.464 e. The molecule has 4 nitrogen and oxygen atoms in total. The number of ether oxygens (including phenoxy) is 1. The molecular formula is C6H9IN2O2. The summed E-state index contributed by atoms with van der Waals surface area (Å²) in [4.78, 5) is 11.2. The van der Waals surface area contributed by atoms with E-state index in [2.05, 4.69) is 10.9 Å². The van der Waals surface area contributed by atoms with Crippen LogP contribution in [0.15, 0.2) is 12.3 Å². The molecule has 0 amide bonds. The van der Waals surface area contributed by atoms with Gasteiger partial charge in [-0.05, 0) is 35.6 Å². The lowest BCUT2D eigenvalue weighted by molar-refractivity contribution is -0.144. The van der Waals surface area contributed by atoms with Crippen LogP contribution in [-0.4, -0.2) is 16.1 Å². The van der Waals surface area contributed by atoms with Crippen LogP contribution in [0.25, 0.3) is 0 Å². The number of alkyl halides is 1. The van der Waals surface area contributed by atoms with Crippen LogP contribution in [0.5, 0.6) is 0 Å². The summed E-state index contributed by atoms with van der Waals surface area (Å²) in [5.74, 6) is -0.276. The molecule has 1 unspecified atom stereocenters. The maximum absolute atomic E-state index is 11.2. The first-order valence-electron chi connectivity index (χ1n) is 3.25. The van der Waals surface area contributed by atoms with E-state index in [9.17, 15) is 4.79 Å². The smallest absolute Gasteiger partial charge is 0.342 e. The molecule has 2 N–H and O–H groups in total. The molecule has 0 saturated carbocycles. The number of hydrogen-bond donors (Lipinski definition) is 2. The fourth-order valence-corrected chi connectivity index (χ4v) is 1.19. The zero-order valence-electron chi connectivity index (χ0n) is 6.06. The number of esters is 1. The van der Waals surface area contributed by atoms with E-state index in [-0.39, 0.29) is 5.97 Å². The molecule has 1 aliphatic heterocycles. The Labute approximate surface area is 78.5 Å². The van der Waals surface area contributed by atoms with E-state index in [4.69, 9.17) is 4.74 Å². The molecule has 0 saturated heterocycles. The standard InChI is InChI=1S/C6H9IN2O2/c1-2-11-5(10)6(7)3-4-8-9-6/h3-4,8-9H,2H2,1H3. The molecule has 1 rings (SSSR count). The Morgan fingerprint density at radius 2 is 2.55 bits per heavy atom. The van der Waals surface area contributed by atoms with Crippen molar-refractivity contribution in [3.63, 3.8) is 0 Å². The maximum atomic E-state index is 11.2. The fourth-order valence-electron chi connectivity index (χ4n) is 0.700. The van der Waals surface area contributed by atoms with Crippen LogP contribution in [0.2, 0.25) is 0 Å². The van der Waals surface area contributed by atoms with Crippen LogP contribution in [0.3, 0.4) is 0 Å². The van der Waals surface area contributed by atoms with Gasteiger partial charge in [0.25, 0.3) is 0 Å². The number of hydrazine groups is 1. The van der Waals surface area contributed by atoms with E-state index >= 15 is 0 Å². The number of carbonyl (C=O) groups is 1. The summed E-state index contributed by atoms with van der Waals surface area (Å²) in [5.41, 5.74) is 5.48. The normalized spacial score (nSPS) is 28.2. The quantitative estimate of drug-likeness (QED) is 0.327. The van der Waals surface area contributed by atoms with Crippen molar-refractivity contribution in [1.82, 2.24) is 10.9 Å². The highest BCUT2D eigenvalue weighted by molar-refractivity contribution is 14.1. The van der Waals surface area contributed by atoms with E-state index < -0.39 is 3.55 Å². The van der Waals surface area contributed by atoms with E-state index in [1.54, 1.807) is 19.2 Å². The molecule has 0 bridgehead atoms. The highest BCUT2D eigenvalue weighted by Gasteiger charge is 2.36. The average Bonchev–Trinajstić information content (AvgIpc) is 2.38. The van der Waals surface area contributed by atoms with E-state index in [0.717, 1.165) is 0 Å². The van der Waals surface area contributed by atoms with Gasteiger partial charge in [-0.3, -0.25) is 0 Å². The Hall–Kier alpha value is -0.300. The predicted octanol–water partition coefficient (Wildman–Crippen LogP) is 0.302. The summed E-state index contributed by atoms with van der Waals surface area (Å²) in [7, 11) is 0. The van der Waals surface area contributed by atoms with Gasteiger partial charge in [-0.15, -0.1) is 0 Å². The third-order valence-electron chi connectivity index (χ3n) is 1.22. The first-order valence-corrected chi connectivity index (χ1v) is 4.33. The molecule has 0 aromatic heterocycles. The Bertz CT molecular complexity index is 195. The highest BCUT2D eigenvalue weighted by atomic mass is 127. The van der Waals surface area contributed by atoms with Crippen molar-refractivity contribution in [2.45, 2.75) is 10.5 Å². The van der Waals surface area contributed by atoms with Crippen molar-refractivity contribution in [3.05, 3.63) is 12.3 Å². The van der Waals surface area contributed by atoms with Crippen LogP contribution in [0.1, 0.15) is 6.92 Å². The minimum atomic E-state index is -0.728. The highest BCUT2D eigenvalue weighted by Crippen LogP contribution is 2.20. The topological polar surface area (TPSA) is 50.4 Å². The van der Waals surface area contributed by atoms with Crippen molar-refractivity contribution in [2.75, 3.05) is 6.61 Å². The molecule has 0 aromatic rings. The lowest BCUT2D eigenvalue weighted by Crippen LogP contribution is -2.46. The lowest BCUT2D eigenvalue weighted by atomic mass is 10.3. The fraction of sp³-hybridized carbons (Fsp3) is 0.500. The minimum absolute atomic E-state index is 0.276. The SMILES string of the molecule is CCOC(=O)C1(I)C=CNN1. The molecule has 1 atom stereocenters. The van der Waals surface area contributed by atoms with Crippen molar-refractivity contribution >= 4 is 28.6 Å². The summed E-state index contributed by atoms with van der Waals surface area (Å²) >= 11 is 1.98. The van der Waals surface area contributed by atoms with Crippen LogP contribution in [0, 0.1) is 0 Å². The van der Waals surface area contributed by atoms with Crippen molar-refractivity contribution in [1.29, 1.82) is 0 Å². The van der Waals surface area contributed by atoms with Gasteiger partial charge >= 0.3 is 5.97 Å². The number of hydrogen-bond acceptors (Lipinski definition) is 4. The summed E-state index contributed by atoms with van der Waals surface area (Å²) < 4.78 is 4.10. The predicted molar refractivity (Wildman–Crippen MR) is 48.8 cm³/mol. The monoisotopic (exact) mass is 268 g/mol. The number of halogens is 1. The van der Waals surface area contributed by atoms with Gasteiger partial charge < -0.3 is 10.2 Å². The molecule has 11 heavy (non-hydrogen) atoms. The van der Waals surface area contributed by atoms with E-state index in [1.807, 2.05) is 22.6 Å². The third kappa shape index (κ3) is 1.84. The number of rotatable bonds is 2. The Morgan fingerprint density at radius 1 is 1.82 bits per heavy atom. The van der Waals surface area contributed by atoms with Gasteiger partial charge in [-0.25, -0.2) is 10.2 Å². The Morgan fingerprint density at radius 3 is 3.00 bits per heavy atom. The molecule has 1 aliphatic rings. The Kier molecular flexibility index (Phi) is 2.72. The summed E-state index contributed by atoms with van der Waals surface area (Å²) in [5, 5.41) is 0. The van der Waals surface area contributed by atoms with E-state index in [0.29, 0.717) is 6.61 Å². The molecule has 62 valence electrons. The zero-order valence-corrected chi connectivity index (χ0v) is 8.21. The molecular weight excluding hydrogens is 259 g/mol. The first kappa shape index (κ1) is 8.79. The molecule has 5 heteroatoms. The Balaban J connectivity index is 2.57. The average molecular weight is 268 g/mol. The van der Waals surface area contributed by atoms with Gasteiger partial charge in [0.2, 0.25) is 3.55 Å². The van der Waals surface area contributed by atoms with Gasteiger partial charge in [0.05, 0.1) is 6.61 Å². The first-order chi connectivity index (χ1) is 5.19. The molecule has 0 radical (unpaired) electrons. The molecule has 0 fully saturated rings. The summed E-state index contributed by atoms with van der Waals surface area (Å²) in [6.07, 6.45) is 3.38. The number of carbonyl (C=O) groups excluding carboxylic acids is 1. The second-order valence-electron chi connectivity index (χ2n) is 2.03. The third-order valence-corrected chi connectivity index (χ3v) is 2.29. The van der Waals surface area contributed by atoms with Gasteiger partial charge in [-0.2, -0.15) is 0 Å². The van der Waals surface area contributed by atoms with Gasteiger partial charge in [0.15, 0.2) is 0 Å². The van der Waals surface area contributed by atoms with Crippen molar-refractivity contribution < 1.29 is 9.53 Å². The summed E-state index contributed by atoms with van der Waals surface area (Å²) in [6, 6.07) is 0. The van der Waals surface area contributed by atoms with Crippen LogP contribution < -0.4 is 10.9 Å². The second kappa shape index (κ2) is 3.40. The van der Waals surface area contributed by atoms with E-state index in [1.165, 1.54) is 0 Å². The van der Waals surface area contributed by atoms with Crippen molar-refractivity contribution in [2.24, 2.45) is 0 Å². The van der Waals surface area contributed by atoms with Gasteiger partial charge in [0.1, 0.15) is 0 Å². The second-order valence-corrected chi connectivity index (χ2v) is 3.74. The van der Waals surface area contributed by atoms with Crippen molar-refractivity contribution in [3.8, 4) is 0 Å². The van der Waals surface area contributed by atoms with Crippen LogP contribution in [0.4, 0.5) is 0 Å². The molecule has 0 aromatic carbocycles. The number of nitrogens with one attached hydrogen (secondary N) is 2. The molecule has 1 heterocycles. The van der Waals surface area contributed by atoms with Gasteiger partial charge in [-0.1, -0.05) is 0 Å². The molecule has 0 spiro atoms. The van der Waals surface area contributed by atoms with Gasteiger partial charge in [0, 0.05) is 6.20 Å². The molecule has 0 aliphatic carbocycles. The summed E-state index contributed by atoms with van der Waals surface area (Å²) in [6.45, 7) is 2.18. The zero-order chi connectivity index (χ0) is 8.32. The van der Waals surface area contributed by atoms with Crippen LogP contribution in [-0.2, 0) is 9.53 Å².